The molecule has 1 fully saturated rings. The highest BCUT2D eigenvalue weighted by Crippen LogP contribution is 2.22. The monoisotopic (exact) mass is 250 g/mol. The number of fused-ring (bicyclic) bond motifs is 1. The molecule has 17 heavy (non-hydrogen) atoms. The molecule has 0 atom stereocenters. The lowest BCUT2D eigenvalue weighted by molar-refractivity contribution is 0.441. The van der Waals surface area contributed by atoms with Crippen molar-refractivity contribution in [3.63, 3.8) is 0 Å². The van der Waals surface area contributed by atoms with E-state index in [1.807, 2.05) is 18.3 Å². The standard InChI is InChI=1S/C12H15ClN4/c13-9-10-2-6-16(7-3-10)11-4-8-17-12(15-11)1-5-14-17/h1,4-5,8,10H,2-3,6-7,9H2. The second-order valence-corrected chi connectivity index (χ2v) is 4.81. The minimum Gasteiger partial charge on any atom is -0.356 e. The maximum Gasteiger partial charge on any atom is 0.157 e. The molecule has 90 valence electrons. The molecular weight excluding hydrogens is 236 g/mol. The van der Waals surface area contributed by atoms with Crippen LogP contribution in [0.4, 0.5) is 5.82 Å². The predicted octanol–water partition coefficient (Wildman–Crippen LogP) is 2.18. The van der Waals surface area contributed by atoms with Crippen LogP contribution in [0.15, 0.2) is 24.5 Å². The number of alkyl halides is 1. The van der Waals surface area contributed by atoms with Crippen molar-refractivity contribution in [1.82, 2.24) is 14.6 Å². The Morgan fingerprint density at radius 3 is 2.88 bits per heavy atom. The average Bonchev–Trinajstić information content (AvgIpc) is 2.86. The van der Waals surface area contributed by atoms with Gasteiger partial charge < -0.3 is 4.90 Å². The SMILES string of the molecule is ClCC1CCN(c2ccn3nccc3n2)CC1. The Hall–Kier alpha value is -1.29. The van der Waals surface area contributed by atoms with Crippen molar-refractivity contribution in [2.45, 2.75) is 12.8 Å². The van der Waals surface area contributed by atoms with Crippen LogP contribution < -0.4 is 4.90 Å². The van der Waals surface area contributed by atoms with Crippen LogP contribution in [-0.4, -0.2) is 33.6 Å². The summed E-state index contributed by atoms with van der Waals surface area (Å²) in [5.41, 5.74) is 0.905. The zero-order valence-corrected chi connectivity index (χ0v) is 10.3. The van der Waals surface area contributed by atoms with Gasteiger partial charge in [0.15, 0.2) is 5.65 Å². The van der Waals surface area contributed by atoms with E-state index in [9.17, 15) is 0 Å². The fourth-order valence-electron chi connectivity index (χ4n) is 2.30. The molecule has 0 saturated carbocycles. The summed E-state index contributed by atoms with van der Waals surface area (Å²) < 4.78 is 1.79. The molecule has 0 bridgehead atoms. The maximum atomic E-state index is 5.89. The van der Waals surface area contributed by atoms with E-state index < -0.39 is 0 Å². The summed E-state index contributed by atoms with van der Waals surface area (Å²) in [6, 6.07) is 3.95. The van der Waals surface area contributed by atoms with Crippen LogP contribution >= 0.6 is 11.6 Å². The topological polar surface area (TPSA) is 33.4 Å². The third kappa shape index (κ3) is 2.09. The molecule has 3 heterocycles. The molecule has 1 aliphatic rings. The van der Waals surface area contributed by atoms with Crippen LogP contribution in [0.1, 0.15) is 12.8 Å². The molecule has 5 heteroatoms. The Labute approximate surface area is 105 Å². The van der Waals surface area contributed by atoms with Gasteiger partial charge >= 0.3 is 0 Å². The highest BCUT2D eigenvalue weighted by atomic mass is 35.5. The highest BCUT2D eigenvalue weighted by molar-refractivity contribution is 6.18. The first kappa shape index (κ1) is 10.8. The second-order valence-electron chi connectivity index (χ2n) is 4.50. The van der Waals surface area contributed by atoms with Gasteiger partial charge in [0.1, 0.15) is 5.82 Å². The Bertz CT molecular complexity index is 502. The number of piperidine rings is 1. The summed E-state index contributed by atoms with van der Waals surface area (Å²) in [6.07, 6.45) is 6.06. The molecule has 0 radical (unpaired) electrons. The predicted molar refractivity (Wildman–Crippen MR) is 68.6 cm³/mol. The van der Waals surface area contributed by atoms with E-state index in [0.717, 1.165) is 43.3 Å². The summed E-state index contributed by atoms with van der Waals surface area (Å²) in [5.74, 6) is 2.50. The molecule has 2 aromatic rings. The largest absolute Gasteiger partial charge is 0.356 e. The van der Waals surface area contributed by atoms with Crippen molar-refractivity contribution in [2.24, 2.45) is 5.92 Å². The molecule has 3 rings (SSSR count). The number of hydrogen-bond donors (Lipinski definition) is 0. The van der Waals surface area contributed by atoms with Gasteiger partial charge in [0, 0.05) is 31.2 Å². The van der Waals surface area contributed by atoms with Crippen molar-refractivity contribution in [2.75, 3.05) is 23.9 Å². The second kappa shape index (κ2) is 4.53. The van der Waals surface area contributed by atoms with Crippen LogP contribution in [0.5, 0.6) is 0 Å². The van der Waals surface area contributed by atoms with Gasteiger partial charge in [0.25, 0.3) is 0 Å². The number of rotatable bonds is 2. The molecule has 1 aliphatic heterocycles. The molecule has 0 aliphatic carbocycles. The van der Waals surface area contributed by atoms with Gasteiger partial charge in [0.2, 0.25) is 0 Å². The van der Waals surface area contributed by atoms with Crippen molar-refractivity contribution in [3.05, 3.63) is 24.5 Å². The number of nitrogens with zero attached hydrogens (tertiary/aromatic N) is 4. The van der Waals surface area contributed by atoms with E-state index in [0.29, 0.717) is 5.92 Å². The zero-order valence-electron chi connectivity index (χ0n) is 9.59. The fraction of sp³-hybridized carbons (Fsp3) is 0.500. The Kier molecular flexibility index (Phi) is 2.89. The molecule has 4 nitrogen and oxygen atoms in total. The molecule has 0 spiro atoms. The van der Waals surface area contributed by atoms with Gasteiger partial charge in [-0.15, -0.1) is 11.6 Å². The van der Waals surface area contributed by atoms with Crippen molar-refractivity contribution < 1.29 is 0 Å². The maximum absolute atomic E-state index is 5.89. The third-order valence-electron chi connectivity index (χ3n) is 3.40. The lowest BCUT2D eigenvalue weighted by atomic mass is 9.99. The first-order valence-corrected chi connectivity index (χ1v) is 6.51. The number of anilines is 1. The molecule has 0 N–H and O–H groups in total. The highest BCUT2D eigenvalue weighted by Gasteiger charge is 2.19. The Morgan fingerprint density at radius 1 is 1.29 bits per heavy atom. The van der Waals surface area contributed by atoms with E-state index in [-0.39, 0.29) is 0 Å². The van der Waals surface area contributed by atoms with E-state index in [2.05, 4.69) is 15.0 Å². The first-order chi connectivity index (χ1) is 8.36. The Morgan fingerprint density at radius 2 is 2.12 bits per heavy atom. The van der Waals surface area contributed by atoms with E-state index in [1.165, 1.54) is 0 Å². The van der Waals surface area contributed by atoms with Gasteiger partial charge in [-0.3, -0.25) is 0 Å². The quantitative estimate of drug-likeness (QED) is 0.766. The number of halogens is 1. The molecule has 2 aromatic heterocycles. The number of hydrogen-bond acceptors (Lipinski definition) is 3. The lowest BCUT2D eigenvalue weighted by Crippen LogP contribution is -2.34. The third-order valence-corrected chi connectivity index (χ3v) is 3.84. The minimum atomic E-state index is 0.673. The lowest BCUT2D eigenvalue weighted by Gasteiger charge is -2.31. The van der Waals surface area contributed by atoms with Crippen LogP contribution in [-0.2, 0) is 0 Å². The summed E-state index contributed by atoms with van der Waals surface area (Å²) in [5, 5.41) is 4.15. The molecule has 0 amide bonds. The molecular formula is C12H15ClN4. The van der Waals surface area contributed by atoms with Crippen LogP contribution in [0.2, 0.25) is 0 Å². The molecule has 0 aromatic carbocycles. The molecule has 1 saturated heterocycles. The van der Waals surface area contributed by atoms with E-state index in [1.54, 1.807) is 10.7 Å². The van der Waals surface area contributed by atoms with Gasteiger partial charge in [-0.05, 0) is 24.8 Å². The zero-order chi connectivity index (χ0) is 11.7. The van der Waals surface area contributed by atoms with Crippen molar-refractivity contribution in [3.8, 4) is 0 Å². The van der Waals surface area contributed by atoms with Crippen LogP contribution in [0.25, 0.3) is 5.65 Å². The van der Waals surface area contributed by atoms with Gasteiger partial charge in [-0.2, -0.15) is 5.10 Å². The summed E-state index contributed by atoms with van der Waals surface area (Å²) >= 11 is 5.89. The minimum absolute atomic E-state index is 0.673. The first-order valence-electron chi connectivity index (χ1n) is 5.98. The smallest absolute Gasteiger partial charge is 0.157 e. The van der Waals surface area contributed by atoms with E-state index >= 15 is 0 Å². The Balaban J connectivity index is 1.79. The number of aromatic nitrogens is 3. The fourth-order valence-corrected chi connectivity index (χ4v) is 2.60. The van der Waals surface area contributed by atoms with Crippen molar-refractivity contribution in [1.29, 1.82) is 0 Å². The average molecular weight is 251 g/mol. The summed E-state index contributed by atoms with van der Waals surface area (Å²) in [4.78, 5) is 6.93. The van der Waals surface area contributed by atoms with Crippen LogP contribution in [0, 0.1) is 5.92 Å². The van der Waals surface area contributed by atoms with Gasteiger partial charge in [0.05, 0.1) is 6.20 Å². The summed E-state index contributed by atoms with van der Waals surface area (Å²) in [7, 11) is 0. The normalized spacial score (nSPS) is 17.8. The van der Waals surface area contributed by atoms with E-state index in [4.69, 9.17) is 11.6 Å². The van der Waals surface area contributed by atoms with Gasteiger partial charge in [-0.1, -0.05) is 0 Å². The molecule has 0 unspecified atom stereocenters. The van der Waals surface area contributed by atoms with Crippen LogP contribution in [0.3, 0.4) is 0 Å². The van der Waals surface area contributed by atoms with Gasteiger partial charge in [-0.25, -0.2) is 9.50 Å². The summed E-state index contributed by atoms with van der Waals surface area (Å²) in [6.45, 7) is 2.10. The van der Waals surface area contributed by atoms with Crippen molar-refractivity contribution >= 4 is 23.1 Å².